The molecule has 2 unspecified atom stereocenters. The molecule has 2 amide bonds. The number of nitrogens with one attached hydrogen (secondary N) is 1. The monoisotopic (exact) mass is 746 g/mol. The van der Waals surface area contributed by atoms with Crippen LogP contribution in [0.1, 0.15) is 103 Å². The molecule has 54 heavy (non-hydrogen) atoms. The van der Waals surface area contributed by atoms with Gasteiger partial charge in [-0.3, -0.25) is 14.5 Å². The molecule has 6 aliphatic rings. The van der Waals surface area contributed by atoms with Gasteiger partial charge in [0.25, 0.3) is 5.91 Å². The van der Waals surface area contributed by atoms with E-state index < -0.39 is 26.6 Å². The van der Waals surface area contributed by atoms with Crippen LogP contribution in [0.3, 0.4) is 0 Å². The average Bonchev–Trinajstić information content (AvgIpc) is 4.11. The summed E-state index contributed by atoms with van der Waals surface area (Å²) in [5, 5.41) is 0.617. The van der Waals surface area contributed by atoms with E-state index in [1.54, 1.807) is 13.2 Å². The van der Waals surface area contributed by atoms with Crippen molar-refractivity contribution in [2.75, 3.05) is 26.7 Å². The van der Waals surface area contributed by atoms with Crippen molar-refractivity contribution in [2.24, 2.45) is 11.3 Å². The molecule has 1 aromatic heterocycles. The number of fused-ring (bicyclic) bond motifs is 8. The highest BCUT2D eigenvalue weighted by Gasteiger charge is 2.65. The summed E-state index contributed by atoms with van der Waals surface area (Å²) in [6.07, 6.45) is 9.90. The van der Waals surface area contributed by atoms with Crippen molar-refractivity contribution in [3.05, 3.63) is 89.0 Å². The maximum absolute atomic E-state index is 15.4. The molecule has 0 bridgehead atoms. The molecule has 4 aromatic rings. The zero-order valence-corrected chi connectivity index (χ0v) is 32.0. The fourth-order valence-electron chi connectivity index (χ4n) is 10.8. The second-order valence-electron chi connectivity index (χ2n) is 17.1. The van der Waals surface area contributed by atoms with Gasteiger partial charge in [0.1, 0.15) is 5.75 Å². The molecular weight excluding hydrogens is 697 g/mol. The van der Waals surface area contributed by atoms with Gasteiger partial charge in [0.15, 0.2) is 0 Å². The van der Waals surface area contributed by atoms with Gasteiger partial charge in [-0.2, -0.15) is 0 Å². The smallest absolute Gasteiger partial charge is 0.264 e. The van der Waals surface area contributed by atoms with E-state index in [4.69, 9.17) is 4.74 Å². The molecule has 5 fully saturated rings. The predicted octanol–water partition coefficient (Wildman–Crippen LogP) is 7.20. The summed E-state index contributed by atoms with van der Waals surface area (Å²) in [5.41, 5.74) is 6.73. The molecule has 10 heteroatoms. The molecule has 10 rings (SSSR count). The predicted molar refractivity (Wildman–Crippen MR) is 209 cm³/mol. The number of nitrogens with zero attached hydrogens (tertiary/aromatic N) is 3. The van der Waals surface area contributed by atoms with Crippen molar-refractivity contribution >= 4 is 32.7 Å². The number of carbonyl (C=O) groups is 2. The van der Waals surface area contributed by atoms with Gasteiger partial charge in [0.2, 0.25) is 15.9 Å². The van der Waals surface area contributed by atoms with Crippen LogP contribution in [-0.2, 0) is 27.9 Å². The Hall–Kier alpha value is -4.15. The summed E-state index contributed by atoms with van der Waals surface area (Å²) in [5.74, 6) is 1.35. The average molecular weight is 747 g/mol. The molecule has 4 atom stereocenters. The van der Waals surface area contributed by atoms with Crippen molar-refractivity contribution in [3.8, 4) is 17.0 Å². The number of carbonyl (C=O) groups excluding carboxylic acids is 2. The van der Waals surface area contributed by atoms with Crippen molar-refractivity contribution in [3.63, 3.8) is 0 Å². The van der Waals surface area contributed by atoms with Crippen molar-refractivity contribution in [2.45, 2.75) is 100 Å². The van der Waals surface area contributed by atoms with Crippen LogP contribution in [0.4, 0.5) is 0 Å². The SMILES string of the molecule is COc1ccc2c(c1)C1CC1(C(=O)N1CCC[C@H]3CN(Cc4ccccc4)C[C@H]31)Cn1c-2c(C2CCCCC2)c2ccc(C(=O)NS(=O)(=O)C3CC3)cc21. The lowest BCUT2D eigenvalue weighted by molar-refractivity contribution is -0.142. The van der Waals surface area contributed by atoms with E-state index in [0.717, 1.165) is 86.2 Å². The molecule has 3 saturated carbocycles. The first-order valence-corrected chi connectivity index (χ1v) is 21.8. The van der Waals surface area contributed by atoms with Gasteiger partial charge in [-0.15, -0.1) is 0 Å². The van der Waals surface area contributed by atoms with E-state index in [9.17, 15) is 13.2 Å². The summed E-state index contributed by atoms with van der Waals surface area (Å²) in [4.78, 5) is 33.8. The third kappa shape index (κ3) is 5.69. The highest BCUT2D eigenvalue weighted by molar-refractivity contribution is 7.91. The largest absolute Gasteiger partial charge is 0.497 e. The molecule has 3 aliphatic heterocycles. The van der Waals surface area contributed by atoms with Crippen LogP contribution in [0.15, 0.2) is 66.7 Å². The topological polar surface area (TPSA) is 101 Å². The van der Waals surface area contributed by atoms with Crippen LogP contribution in [0.5, 0.6) is 5.75 Å². The Kier molecular flexibility index (Phi) is 8.25. The van der Waals surface area contributed by atoms with E-state index in [0.29, 0.717) is 36.8 Å². The maximum Gasteiger partial charge on any atom is 0.264 e. The number of benzene rings is 3. The summed E-state index contributed by atoms with van der Waals surface area (Å²) >= 11 is 0. The summed E-state index contributed by atoms with van der Waals surface area (Å²) in [7, 11) is -2.00. The zero-order chi connectivity index (χ0) is 36.8. The Balaban J connectivity index is 1.08. The van der Waals surface area contributed by atoms with E-state index in [-0.39, 0.29) is 17.9 Å². The number of hydrogen-bond donors (Lipinski definition) is 1. The number of piperidine rings is 1. The fourth-order valence-corrected chi connectivity index (χ4v) is 12.1. The first-order chi connectivity index (χ1) is 26.2. The minimum Gasteiger partial charge on any atom is -0.497 e. The van der Waals surface area contributed by atoms with Crippen LogP contribution in [-0.4, -0.2) is 72.6 Å². The Morgan fingerprint density at radius 1 is 0.907 bits per heavy atom. The Labute approximate surface area is 318 Å². The van der Waals surface area contributed by atoms with Gasteiger partial charge in [-0.1, -0.05) is 55.7 Å². The lowest BCUT2D eigenvalue weighted by Gasteiger charge is -2.39. The minimum atomic E-state index is -3.71. The second kappa shape index (κ2) is 13.0. The van der Waals surface area contributed by atoms with Crippen LogP contribution < -0.4 is 9.46 Å². The van der Waals surface area contributed by atoms with Crippen molar-refractivity contribution in [1.29, 1.82) is 0 Å². The molecule has 282 valence electrons. The number of sulfonamides is 1. The van der Waals surface area contributed by atoms with Crippen molar-refractivity contribution in [1.82, 2.24) is 19.1 Å². The van der Waals surface area contributed by atoms with Gasteiger partial charge < -0.3 is 14.2 Å². The molecule has 0 spiro atoms. The van der Waals surface area contributed by atoms with Crippen LogP contribution in [0, 0.1) is 11.3 Å². The van der Waals surface area contributed by atoms with Gasteiger partial charge in [-0.25, -0.2) is 13.1 Å². The fraction of sp³-hybridized carbons (Fsp3) is 0.500. The van der Waals surface area contributed by atoms with Gasteiger partial charge in [0, 0.05) is 66.7 Å². The van der Waals surface area contributed by atoms with Gasteiger partial charge >= 0.3 is 0 Å². The number of aromatic nitrogens is 1. The molecule has 3 aromatic carbocycles. The van der Waals surface area contributed by atoms with Crippen LogP contribution >= 0.6 is 0 Å². The number of likely N-dealkylation sites (tertiary alicyclic amines) is 2. The van der Waals surface area contributed by atoms with E-state index in [1.165, 1.54) is 36.0 Å². The van der Waals surface area contributed by atoms with E-state index in [1.807, 2.05) is 18.2 Å². The molecule has 1 N–H and O–H groups in total. The quantitative estimate of drug-likeness (QED) is 0.205. The molecular formula is C44H50N4O5S. The third-order valence-corrected chi connectivity index (χ3v) is 15.6. The molecule has 4 heterocycles. The van der Waals surface area contributed by atoms with E-state index >= 15 is 4.79 Å². The standard InChI is InChI=1S/C44H50N4O5S/c1-53-32-15-19-34-36(22-32)37-23-44(37,43(50)47-20-8-13-31-25-46(26-39(31)47)24-28-9-4-2-5-10-28)27-48-38-21-30(42(49)45-54(51,52)33-16-17-33)14-18-35(38)40(41(34)48)29-11-6-3-7-12-29/h2,4-5,9-10,14-15,18-19,21-22,29,31,33,37,39H,3,6-8,11-13,16-17,20,23-27H2,1H3,(H,45,49)/t31-,37?,39+,44?/m0/s1. The Morgan fingerprint density at radius 2 is 1.72 bits per heavy atom. The third-order valence-electron chi connectivity index (χ3n) is 13.8. The number of amides is 2. The second-order valence-corrected chi connectivity index (χ2v) is 19.1. The Bertz CT molecular complexity index is 2260. The highest BCUT2D eigenvalue weighted by Crippen LogP contribution is 2.66. The number of rotatable bonds is 8. The van der Waals surface area contributed by atoms with E-state index in [2.05, 4.69) is 61.6 Å². The number of ether oxygens (including phenoxy) is 1. The number of hydrogen-bond acceptors (Lipinski definition) is 6. The lowest BCUT2D eigenvalue weighted by atomic mass is 9.81. The summed E-state index contributed by atoms with van der Waals surface area (Å²) < 4.78 is 36.2. The van der Waals surface area contributed by atoms with Gasteiger partial charge in [-0.05, 0) is 104 Å². The highest BCUT2D eigenvalue weighted by atomic mass is 32.2. The first kappa shape index (κ1) is 34.3. The first-order valence-electron chi connectivity index (χ1n) is 20.2. The normalized spacial score (nSPS) is 26.7. The van der Waals surface area contributed by atoms with Crippen LogP contribution in [0.2, 0.25) is 0 Å². The van der Waals surface area contributed by atoms with Gasteiger partial charge in [0.05, 0.1) is 23.5 Å². The van der Waals surface area contributed by atoms with Crippen LogP contribution in [0.25, 0.3) is 22.2 Å². The minimum absolute atomic E-state index is 0.0571. The summed E-state index contributed by atoms with van der Waals surface area (Å²) in [6, 6.07) is 23.0. The van der Waals surface area contributed by atoms with Crippen molar-refractivity contribution < 1.29 is 22.7 Å². The molecule has 2 saturated heterocycles. The molecule has 0 radical (unpaired) electrons. The molecule has 3 aliphatic carbocycles. The lowest BCUT2D eigenvalue weighted by Crippen LogP contribution is -2.52. The maximum atomic E-state index is 15.4. The summed E-state index contributed by atoms with van der Waals surface area (Å²) in [6.45, 7) is 4.11. The number of methoxy groups -OCH3 is 1. The Morgan fingerprint density at radius 3 is 2.50 bits per heavy atom. The zero-order valence-electron chi connectivity index (χ0n) is 31.1. The molecule has 9 nitrogen and oxygen atoms in total.